The fourth-order valence-corrected chi connectivity index (χ4v) is 4.22. The third-order valence-corrected chi connectivity index (χ3v) is 6.33. The molecule has 10 heteroatoms. The fraction of sp³-hybridized carbons (Fsp3) is 0.0400. The highest BCUT2D eigenvalue weighted by atomic mass is 32.2. The number of hydrogen-bond donors (Lipinski definition) is 3. The van der Waals surface area contributed by atoms with E-state index in [0.717, 1.165) is 6.07 Å². The Balaban J connectivity index is 1.46. The maximum absolute atomic E-state index is 13.8. The van der Waals surface area contributed by atoms with Gasteiger partial charge in [0, 0.05) is 22.6 Å². The Morgan fingerprint density at radius 1 is 0.800 bits per heavy atom. The summed E-state index contributed by atoms with van der Waals surface area (Å²) < 4.78 is 46.5. The SMILES string of the molecule is Cc1ccc(S(=O)(=O)Nc2cccc(C(=O)Nc3cccc(NC(=O)c4ccco4)c3)c2)cc1F. The van der Waals surface area contributed by atoms with Gasteiger partial charge in [-0.2, -0.15) is 0 Å². The molecule has 0 aliphatic heterocycles. The van der Waals surface area contributed by atoms with Crippen LogP contribution in [0, 0.1) is 12.7 Å². The molecule has 1 aromatic heterocycles. The van der Waals surface area contributed by atoms with Crippen LogP contribution in [-0.2, 0) is 10.0 Å². The maximum Gasteiger partial charge on any atom is 0.291 e. The zero-order valence-corrected chi connectivity index (χ0v) is 19.2. The van der Waals surface area contributed by atoms with Crippen molar-refractivity contribution in [1.29, 1.82) is 0 Å². The molecule has 0 fully saturated rings. The monoisotopic (exact) mass is 493 g/mol. The van der Waals surface area contributed by atoms with E-state index in [4.69, 9.17) is 4.42 Å². The first-order chi connectivity index (χ1) is 16.7. The molecule has 178 valence electrons. The summed E-state index contributed by atoms with van der Waals surface area (Å²) in [5.74, 6) is -1.43. The number of benzene rings is 3. The highest BCUT2D eigenvalue weighted by Gasteiger charge is 2.17. The molecular formula is C25H20FN3O5S. The highest BCUT2D eigenvalue weighted by Crippen LogP contribution is 2.21. The van der Waals surface area contributed by atoms with Gasteiger partial charge in [0.15, 0.2) is 5.76 Å². The van der Waals surface area contributed by atoms with Crippen molar-refractivity contribution in [3.05, 3.63) is 108 Å². The number of furan rings is 1. The summed E-state index contributed by atoms with van der Waals surface area (Å²) in [6.07, 6.45) is 1.39. The summed E-state index contributed by atoms with van der Waals surface area (Å²) >= 11 is 0. The number of halogens is 1. The predicted octanol–water partition coefficient (Wildman–Crippen LogP) is 5.03. The molecule has 35 heavy (non-hydrogen) atoms. The molecule has 0 saturated carbocycles. The van der Waals surface area contributed by atoms with Gasteiger partial charge in [-0.1, -0.05) is 18.2 Å². The average Bonchev–Trinajstić information content (AvgIpc) is 3.36. The number of hydrogen-bond acceptors (Lipinski definition) is 5. The Morgan fingerprint density at radius 3 is 2.17 bits per heavy atom. The number of aryl methyl sites for hydroxylation is 1. The van der Waals surface area contributed by atoms with Crippen LogP contribution in [0.1, 0.15) is 26.5 Å². The number of rotatable bonds is 7. The van der Waals surface area contributed by atoms with Crippen molar-refractivity contribution in [2.75, 3.05) is 15.4 Å². The molecule has 2 amide bonds. The van der Waals surface area contributed by atoms with E-state index in [0.29, 0.717) is 16.9 Å². The average molecular weight is 494 g/mol. The second kappa shape index (κ2) is 9.82. The first-order valence-electron chi connectivity index (χ1n) is 10.4. The van der Waals surface area contributed by atoms with Crippen molar-refractivity contribution in [2.45, 2.75) is 11.8 Å². The first kappa shape index (κ1) is 23.7. The smallest absolute Gasteiger partial charge is 0.291 e. The van der Waals surface area contributed by atoms with Crippen LogP contribution in [0.3, 0.4) is 0 Å². The van der Waals surface area contributed by atoms with E-state index < -0.39 is 27.7 Å². The number of anilines is 3. The minimum absolute atomic E-state index is 0.137. The lowest BCUT2D eigenvalue weighted by atomic mass is 10.2. The lowest BCUT2D eigenvalue weighted by Gasteiger charge is -2.11. The molecule has 0 spiro atoms. The Morgan fingerprint density at radius 2 is 1.49 bits per heavy atom. The number of amides is 2. The van der Waals surface area contributed by atoms with Crippen molar-refractivity contribution < 1.29 is 26.8 Å². The van der Waals surface area contributed by atoms with Gasteiger partial charge < -0.3 is 15.1 Å². The van der Waals surface area contributed by atoms with Crippen LogP contribution >= 0.6 is 0 Å². The topological polar surface area (TPSA) is 118 Å². The summed E-state index contributed by atoms with van der Waals surface area (Å²) in [6.45, 7) is 1.53. The zero-order valence-electron chi connectivity index (χ0n) is 18.4. The van der Waals surface area contributed by atoms with E-state index in [1.54, 1.807) is 30.3 Å². The molecule has 0 radical (unpaired) electrons. The molecule has 0 bridgehead atoms. The summed E-state index contributed by atoms with van der Waals surface area (Å²) in [4.78, 5) is 24.7. The molecule has 3 N–H and O–H groups in total. The summed E-state index contributed by atoms with van der Waals surface area (Å²) in [7, 11) is -4.06. The molecule has 0 atom stereocenters. The van der Waals surface area contributed by atoms with E-state index in [9.17, 15) is 22.4 Å². The van der Waals surface area contributed by atoms with E-state index in [1.165, 1.54) is 55.7 Å². The molecule has 4 rings (SSSR count). The van der Waals surface area contributed by atoms with Crippen molar-refractivity contribution >= 4 is 38.9 Å². The minimum atomic E-state index is -4.06. The van der Waals surface area contributed by atoms with Gasteiger partial charge in [0.2, 0.25) is 0 Å². The Hall–Kier alpha value is -4.44. The van der Waals surface area contributed by atoms with E-state index in [-0.39, 0.29) is 21.9 Å². The van der Waals surface area contributed by atoms with Crippen LogP contribution in [0.2, 0.25) is 0 Å². The standard InChI is InChI=1S/C25H20FN3O5S/c1-16-10-11-21(15-22(16)26)35(32,33)29-20-8-2-5-17(13-20)24(30)27-18-6-3-7-19(14-18)28-25(31)23-9-4-12-34-23/h2-15,29H,1H3,(H,27,30)(H,28,31). The zero-order chi connectivity index (χ0) is 25.0. The van der Waals surface area contributed by atoms with Crippen LogP contribution in [0.25, 0.3) is 0 Å². The van der Waals surface area contributed by atoms with Crippen LogP contribution < -0.4 is 15.4 Å². The fourth-order valence-electron chi connectivity index (χ4n) is 3.16. The van der Waals surface area contributed by atoms with Crippen molar-refractivity contribution in [1.82, 2.24) is 0 Å². The molecule has 4 aromatic rings. The third-order valence-electron chi connectivity index (χ3n) is 4.95. The Bertz CT molecular complexity index is 1500. The summed E-state index contributed by atoms with van der Waals surface area (Å²) in [5, 5.41) is 5.37. The van der Waals surface area contributed by atoms with Crippen LogP contribution in [0.5, 0.6) is 0 Å². The highest BCUT2D eigenvalue weighted by molar-refractivity contribution is 7.92. The Kier molecular flexibility index (Phi) is 6.65. The molecule has 1 heterocycles. The maximum atomic E-state index is 13.8. The molecule has 8 nitrogen and oxygen atoms in total. The van der Waals surface area contributed by atoms with E-state index in [1.807, 2.05) is 0 Å². The summed E-state index contributed by atoms with van der Waals surface area (Å²) in [6, 6.07) is 19.1. The second-order valence-corrected chi connectivity index (χ2v) is 9.25. The number of carbonyl (C=O) groups is 2. The first-order valence-corrected chi connectivity index (χ1v) is 11.8. The molecule has 0 unspecified atom stereocenters. The number of carbonyl (C=O) groups excluding carboxylic acids is 2. The Labute approximate surface area is 200 Å². The third kappa shape index (κ3) is 5.74. The molecule has 0 aliphatic rings. The molecule has 3 aromatic carbocycles. The van der Waals surface area contributed by atoms with Crippen molar-refractivity contribution in [3.8, 4) is 0 Å². The van der Waals surface area contributed by atoms with Gasteiger partial charge >= 0.3 is 0 Å². The van der Waals surface area contributed by atoms with Crippen LogP contribution in [0.4, 0.5) is 21.5 Å². The van der Waals surface area contributed by atoms with Crippen LogP contribution in [-0.4, -0.2) is 20.2 Å². The van der Waals surface area contributed by atoms with Gasteiger partial charge in [-0.25, -0.2) is 12.8 Å². The number of nitrogens with one attached hydrogen (secondary N) is 3. The van der Waals surface area contributed by atoms with E-state index in [2.05, 4.69) is 15.4 Å². The lowest BCUT2D eigenvalue weighted by molar-refractivity contribution is 0.0995. The van der Waals surface area contributed by atoms with Crippen molar-refractivity contribution in [2.24, 2.45) is 0 Å². The van der Waals surface area contributed by atoms with Gasteiger partial charge in [0.05, 0.1) is 11.2 Å². The summed E-state index contributed by atoms with van der Waals surface area (Å²) in [5.41, 5.74) is 1.50. The molecule has 0 saturated heterocycles. The quantitative estimate of drug-likeness (QED) is 0.334. The predicted molar refractivity (Wildman–Crippen MR) is 129 cm³/mol. The van der Waals surface area contributed by atoms with Gasteiger partial charge in [-0.3, -0.25) is 14.3 Å². The van der Waals surface area contributed by atoms with Crippen molar-refractivity contribution in [3.63, 3.8) is 0 Å². The van der Waals surface area contributed by atoms with Gasteiger partial charge in [0.1, 0.15) is 5.82 Å². The number of sulfonamides is 1. The molecule has 0 aliphatic carbocycles. The van der Waals surface area contributed by atoms with Gasteiger partial charge in [-0.15, -0.1) is 0 Å². The second-order valence-electron chi connectivity index (χ2n) is 7.56. The lowest BCUT2D eigenvalue weighted by Crippen LogP contribution is -2.16. The van der Waals surface area contributed by atoms with Gasteiger partial charge in [0.25, 0.3) is 21.8 Å². The van der Waals surface area contributed by atoms with E-state index >= 15 is 0 Å². The largest absolute Gasteiger partial charge is 0.459 e. The van der Waals surface area contributed by atoms with Gasteiger partial charge in [-0.05, 0) is 73.2 Å². The molecular weight excluding hydrogens is 473 g/mol. The van der Waals surface area contributed by atoms with Crippen LogP contribution in [0.15, 0.2) is 94.4 Å². The minimum Gasteiger partial charge on any atom is -0.459 e. The normalized spacial score (nSPS) is 11.0.